The summed E-state index contributed by atoms with van der Waals surface area (Å²) in [5.74, 6) is 0.0107. The zero-order valence-corrected chi connectivity index (χ0v) is 12.5. The van der Waals surface area contributed by atoms with Gasteiger partial charge in [0.1, 0.15) is 11.3 Å². The van der Waals surface area contributed by atoms with Crippen LogP contribution in [0.2, 0.25) is 0 Å². The van der Waals surface area contributed by atoms with Gasteiger partial charge in [0.25, 0.3) is 0 Å². The van der Waals surface area contributed by atoms with Crippen LogP contribution >= 0.6 is 0 Å². The first-order valence-electron chi connectivity index (χ1n) is 6.88. The fourth-order valence-electron chi connectivity index (χ4n) is 2.42. The molecule has 0 aliphatic heterocycles. The SMILES string of the molecule is COC(=O)[C@](C)(NC(=O)Cc1ncccc1OC)C1CC1. The molecule has 2 rings (SSSR count). The predicted molar refractivity (Wildman–Crippen MR) is 75.8 cm³/mol. The van der Waals surface area contributed by atoms with Crippen molar-refractivity contribution in [2.75, 3.05) is 14.2 Å². The van der Waals surface area contributed by atoms with Crippen molar-refractivity contribution in [1.82, 2.24) is 10.3 Å². The van der Waals surface area contributed by atoms with Crippen molar-refractivity contribution in [3.05, 3.63) is 24.0 Å². The summed E-state index contributed by atoms with van der Waals surface area (Å²) in [5, 5.41) is 2.80. The molecule has 0 radical (unpaired) electrons. The lowest BCUT2D eigenvalue weighted by molar-refractivity contribution is -0.151. The van der Waals surface area contributed by atoms with Gasteiger partial charge in [0, 0.05) is 6.20 Å². The molecule has 1 aromatic heterocycles. The largest absolute Gasteiger partial charge is 0.495 e. The molecule has 0 spiro atoms. The number of amides is 1. The van der Waals surface area contributed by atoms with Crippen LogP contribution in [0.1, 0.15) is 25.5 Å². The summed E-state index contributed by atoms with van der Waals surface area (Å²) in [6.45, 7) is 1.71. The van der Waals surface area contributed by atoms with Gasteiger partial charge in [0.2, 0.25) is 5.91 Å². The van der Waals surface area contributed by atoms with E-state index >= 15 is 0 Å². The van der Waals surface area contributed by atoms with Gasteiger partial charge < -0.3 is 14.8 Å². The molecule has 1 N–H and O–H groups in total. The second-order valence-corrected chi connectivity index (χ2v) is 5.35. The fourth-order valence-corrected chi connectivity index (χ4v) is 2.42. The number of carbonyl (C=O) groups is 2. The van der Waals surface area contributed by atoms with Crippen LogP contribution in [-0.4, -0.2) is 36.6 Å². The Morgan fingerprint density at radius 3 is 2.71 bits per heavy atom. The highest BCUT2D eigenvalue weighted by Crippen LogP contribution is 2.40. The molecule has 114 valence electrons. The number of nitrogens with zero attached hydrogens (tertiary/aromatic N) is 1. The van der Waals surface area contributed by atoms with Gasteiger partial charge in [0.05, 0.1) is 26.3 Å². The van der Waals surface area contributed by atoms with Crippen LogP contribution in [0.25, 0.3) is 0 Å². The van der Waals surface area contributed by atoms with Gasteiger partial charge in [-0.2, -0.15) is 0 Å². The number of esters is 1. The molecular weight excluding hydrogens is 272 g/mol. The standard InChI is InChI=1S/C15H20N2O4/c1-15(10-6-7-10,14(19)21-3)17-13(18)9-11-12(20-2)5-4-8-16-11/h4-5,8,10H,6-7,9H2,1-3H3,(H,17,18)/t15-/m1/s1. The number of nitrogens with one attached hydrogen (secondary N) is 1. The predicted octanol–water partition coefficient (Wildman–Crippen LogP) is 1.09. The van der Waals surface area contributed by atoms with Gasteiger partial charge in [-0.25, -0.2) is 4.79 Å². The average molecular weight is 292 g/mol. The molecule has 1 atom stereocenters. The van der Waals surface area contributed by atoms with E-state index in [9.17, 15) is 9.59 Å². The van der Waals surface area contributed by atoms with Gasteiger partial charge in [-0.15, -0.1) is 0 Å². The van der Waals surface area contributed by atoms with Crippen molar-refractivity contribution in [2.24, 2.45) is 5.92 Å². The molecule has 1 aliphatic rings. The number of aromatic nitrogens is 1. The van der Waals surface area contributed by atoms with Crippen molar-refractivity contribution < 1.29 is 19.1 Å². The summed E-state index contributed by atoms with van der Waals surface area (Å²) in [4.78, 5) is 28.3. The fraction of sp³-hybridized carbons (Fsp3) is 0.533. The van der Waals surface area contributed by atoms with Gasteiger partial charge >= 0.3 is 5.97 Å². The van der Waals surface area contributed by atoms with E-state index in [1.165, 1.54) is 14.2 Å². The topological polar surface area (TPSA) is 77.5 Å². The quantitative estimate of drug-likeness (QED) is 0.794. The van der Waals surface area contributed by atoms with E-state index in [0.717, 1.165) is 12.8 Å². The first kappa shape index (κ1) is 15.3. The second-order valence-electron chi connectivity index (χ2n) is 5.35. The summed E-state index contributed by atoms with van der Waals surface area (Å²) in [5.41, 5.74) is -0.422. The average Bonchev–Trinajstić information content (AvgIpc) is 3.31. The molecule has 1 fully saturated rings. The van der Waals surface area contributed by atoms with Crippen LogP contribution in [0.3, 0.4) is 0 Å². The van der Waals surface area contributed by atoms with Crippen molar-refractivity contribution in [2.45, 2.75) is 31.7 Å². The second kappa shape index (κ2) is 6.11. The minimum absolute atomic E-state index is 0.0588. The van der Waals surface area contributed by atoms with Crippen LogP contribution < -0.4 is 10.1 Å². The van der Waals surface area contributed by atoms with Crippen LogP contribution in [0.15, 0.2) is 18.3 Å². The number of carbonyl (C=O) groups excluding carboxylic acids is 2. The Morgan fingerprint density at radius 1 is 1.43 bits per heavy atom. The normalized spacial score (nSPS) is 16.7. The smallest absolute Gasteiger partial charge is 0.331 e. The Labute approximate surface area is 123 Å². The molecule has 6 nitrogen and oxygen atoms in total. The Hall–Kier alpha value is -2.11. The summed E-state index contributed by atoms with van der Waals surface area (Å²) >= 11 is 0. The van der Waals surface area contributed by atoms with Crippen LogP contribution in [-0.2, 0) is 20.7 Å². The van der Waals surface area contributed by atoms with E-state index < -0.39 is 11.5 Å². The van der Waals surface area contributed by atoms with E-state index in [0.29, 0.717) is 11.4 Å². The number of rotatable bonds is 6. The van der Waals surface area contributed by atoms with Crippen molar-refractivity contribution in [3.63, 3.8) is 0 Å². The third-order valence-electron chi connectivity index (χ3n) is 3.80. The van der Waals surface area contributed by atoms with Gasteiger partial charge in [0.15, 0.2) is 0 Å². The lowest BCUT2D eigenvalue weighted by atomic mass is 9.95. The highest BCUT2D eigenvalue weighted by Gasteiger charge is 2.49. The highest BCUT2D eigenvalue weighted by atomic mass is 16.5. The number of pyridine rings is 1. The van der Waals surface area contributed by atoms with E-state index in [-0.39, 0.29) is 18.2 Å². The molecule has 1 aromatic rings. The number of hydrogen-bond donors (Lipinski definition) is 1. The number of ether oxygens (including phenoxy) is 2. The van der Waals surface area contributed by atoms with Crippen molar-refractivity contribution in [1.29, 1.82) is 0 Å². The Morgan fingerprint density at radius 2 is 2.14 bits per heavy atom. The van der Waals surface area contributed by atoms with Gasteiger partial charge in [-0.05, 0) is 37.8 Å². The number of methoxy groups -OCH3 is 2. The maximum absolute atomic E-state index is 12.2. The Bertz CT molecular complexity index is 542. The van der Waals surface area contributed by atoms with E-state index in [2.05, 4.69) is 10.3 Å². The van der Waals surface area contributed by atoms with E-state index in [1.807, 2.05) is 0 Å². The third kappa shape index (κ3) is 3.32. The maximum Gasteiger partial charge on any atom is 0.331 e. The summed E-state index contributed by atoms with van der Waals surface area (Å²) in [7, 11) is 2.86. The Kier molecular flexibility index (Phi) is 4.45. The molecule has 21 heavy (non-hydrogen) atoms. The Balaban J connectivity index is 2.08. The molecule has 1 aliphatic carbocycles. The lowest BCUT2D eigenvalue weighted by Gasteiger charge is -2.27. The molecule has 1 saturated carbocycles. The molecule has 0 aromatic carbocycles. The summed E-state index contributed by atoms with van der Waals surface area (Å²) in [6.07, 6.45) is 3.49. The molecule has 1 amide bonds. The molecule has 0 unspecified atom stereocenters. The lowest BCUT2D eigenvalue weighted by Crippen LogP contribution is -2.55. The van der Waals surface area contributed by atoms with Crippen LogP contribution in [0, 0.1) is 5.92 Å². The van der Waals surface area contributed by atoms with E-state index in [1.54, 1.807) is 25.3 Å². The molecular formula is C15H20N2O4. The zero-order valence-electron chi connectivity index (χ0n) is 12.5. The van der Waals surface area contributed by atoms with Crippen molar-refractivity contribution >= 4 is 11.9 Å². The molecule has 6 heteroatoms. The zero-order chi connectivity index (χ0) is 15.5. The number of hydrogen-bond acceptors (Lipinski definition) is 5. The monoisotopic (exact) mass is 292 g/mol. The van der Waals surface area contributed by atoms with Crippen LogP contribution in [0.5, 0.6) is 5.75 Å². The molecule has 0 saturated heterocycles. The molecule has 1 heterocycles. The van der Waals surface area contributed by atoms with Gasteiger partial charge in [-0.1, -0.05) is 0 Å². The first-order valence-corrected chi connectivity index (χ1v) is 6.88. The minimum Gasteiger partial charge on any atom is -0.495 e. The minimum atomic E-state index is -0.964. The van der Waals surface area contributed by atoms with Crippen molar-refractivity contribution in [3.8, 4) is 5.75 Å². The van der Waals surface area contributed by atoms with E-state index in [4.69, 9.17) is 9.47 Å². The summed E-state index contributed by atoms with van der Waals surface area (Å²) in [6, 6.07) is 3.49. The molecule has 0 bridgehead atoms. The highest BCUT2D eigenvalue weighted by molar-refractivity contribution is 5.89. The van der Waals surface area contributed by atoms with Gasteiger partial charge in [-0.3, -0.25) is 9.78 Å². The summed E-state index contributed by atoms with van der Waals surface area (Å²) < 4.78 is 9.99. The maximum atomic E-state index is 12.2. The first-order chi connectivity index (χ1) is 10.0. The van der Waals surface area contributed by atoms with Crippen LogP contribution in [0.4, 0.5) is 0 Å². The third-order valence-corrected chi connectivity index (χ3v) is 3.80.